The molecule has 0 amide bonds. The van der Waals surface area contributed by atoms with E-state index in [1.807, 2.05) is 23.5 Å². The van der Waals surface area contributed by atoms with Crippen molar-refractivity contribution in [3.8, 4) is 0 Å². The van der Waals surface area contributed by atoms with Crippen molar-refractivity contribution in [2.24, 2.45) is 0 Å². The van der Waals surface area contributed by atoms with Gasteiger partial charge in [-0.3, -0.25) is 0 Å². The molecule has 16 heavy (non-hydrogen) atoms. The van der Waals surface area contributed by atoms with Crippen molar-refractivity contribution >= 4 is 23.5 Å². The third kappa shape index (κ3) is 5.86. The van der Waals surface area contributed by atoms with E-state index in [0.29, 0.717) is 10.5 Å². The average molecular weight is 254 g/mol. The van der Waals surface area contributed by atoms with Gasteiger partial charge in [0.1, 0.15) is 0 Å². The van der Waals surface area contributed by atoms with Crippen molar-refractivity contribution in [2.45, 2.75) is 49.7 Å². The summed E-state index contributed by atoms with van der Waals surface area (Å²) in [7, 11) is 0. The summed E-state index contributed by atoms with van der Waals surface area (Å²) in [5.74, 6) is 2.27. The predicted molar refractivity (Wildman–Crippen MR) is 79.3 cm³/mol. The molecule has 0 spiro atoms. The van der Waals surface area contributed by atoms with E-state index in [1.165, 1.54) is 11.1 Å². The first kappa shape index (κ1) is 14.0. The van der Waals surface area contributed by atoms with E-state index in [0.717, 1.165) is 11.5 Å². The maximum atomic E-state index is 2.35. The molecule has 0 aliphatic rings. The summed E-state index contributed by atoms with van der Waals surface area (Å²) in [5, 5.41) is 1.43. The topological polar surface area (TPSA) is 0 Å². The van der Waals surface area contributed by atoms with E-state index in [2.05, 4.69) is 52.0 Å². The number of thioether (sulfide) groups is 2. The van der Waals surface area contributed by atoms with Crippen LogP contribution in [0, 0.1) is 0 Å². The van der Waals surface area contributed by atoms with Crippen LogP contribution in [0.15, 0.2) is 24.3 Å². The number of hydrogen-bond donors (Lipinski definition) is 0. The molecule has 0 bridgehead atoms. The minimum absolute atomic E-state index is 0.716. The fourth-order valence-corrected chi connectivity index (χ4v) is 2.75. The molecule has 0 aliphatic heterocycles. The van der Waals surface area contributed by atoms with Crippen LogP contribution in [0.2, 0.25) is 0 Å². The second kappa shape index (κ2) is 7.29. The largest absolute Gasteiger partial charge is 0.154 e. The summed E-state index contributed by atoms with van der Waals surface area (Å²) < 4.78 is 0. The molecule has 1 aromatic carbocycles. The smallest absolute Gasteiger partial charge is 0.0187 e. The van der Waals surface area contributed by atoms with Crippen LogP contribution in [0.25, 0.3) is 0 Å². The second-order valence-electron chi connectivity index (χ2n) is 4.54. The molecule has 0 heterocycles. The highest BCUT2D eigenvalue weighted by molar-refractivity contribution is 7.99. The van der Waals surface area contributed by atoms with Crippen molar-refractivity contribution in [3.63, 3.8) is 0 Å². The molecule has 0 N–H and O–H groups in total. The molecule has 2 heteroatoms. The predicted octanol–water partition coefficient (Wildman–Crippen LogP) is 4.97. The van der Waals surface area contributed by atoms with Gasteiger partial charge in [-0.25, -0.2) is 0 Å². The molecule has 0 aliphatic carbocycles. The Morgan fingerprint density at radius 1 is 0.875 bits per heavy atom. The van der Waals surface area contributed by atoms with Crippen LogP contribution in [0.4, 0.5) is 0 Å². The van der Waals surface area contributed by atoms with Crippen LogP contribution in [0.5, 0.6) is 0 Å². The summed E-state index contributed by atoms with van der Waals surface area (Å²) in [6.07, 6.45) is 0. The van der Waals surface area contributed by atoms with Gasteiger partial charge in [0.2, 0.25) is 0 Å². The van der Waals surface area contributed by atoms with Crippen LogP contribution < -0.4 is 0 Å². The Morgan fingerprint density at radius 3 is 1.69 bits per heavy atom. The Bertz CT molecular complexity index is 278. The van der Waals surface area contributed by atoms with Crippen LogP contribution in [0.1, 0.15) is 38.8 Å². The molecule has 0 nitrogen and oxygen atoms in total. The highest BCUT2D eigenvalue weighted by atomic mass is 32.2. The first-order valence-electron chi connectivity index (χ1n) is 5.89. The van der Waals surface area contributed by atoms with Gasteiger partial charge in [-0.05, 0) is 21.6 Å². The number of hydrogen-bond acceptors (Lipinski definition) is 2. The lowest BCUT2D eigenvalue weighted by atomic mass is 10.2. The van der Waals surface area contributed by atoms with Gasteiger partial charge in [0.15, 0.2) is 0 Å². The Labute approximate surface area is 109 Å². The van der Waals surface area contributed by atoms with Crippen LogP contribution in [-0.4, -0.2) is 10.5 Å². The number of rotatable bonds is 6. The van der Waals surface area contributed by atoms with Crippen molar-refractivity contribution in [1.82, 2.24) is 0 Å². The highest BCUT2D eigenvalue weighted by Crippen LogP contribution is 2.21. The Kier molecular flexibility index (Phi) is 6.37. The monoisotopic (exact) mass is 254 g/mol. The minimum atomic E-state index is 0.716. The fraction of sp³-hybridized carbons (Fsp3) is 0.571. The molecule has 90 valence electrons. The first-order chi connectivity index (χ1) is 7.58. The molecule has 1 rings (SSSR count). The van der Waals surface area contributed by atoms with Crippen LogP contribution in [0.3, 0.4) is 0 Å². The van der Waals surface area contributed by atoms with E-state index >= 15 is 0 Å². The first-order valence-corrected chi connectivity index (χ1v) is 7.98. The zero-order valence-corrected chi connectivity index (χ0v) is 12.3. The van der Waals surface area contributed by atoms with Crippen molar-refractivity contribution in [1.29, 1.82) is 0 Å². The third-order valence-electron chi connectivity index (χ3n) is 2.16. The van der Waals surface area contributed by atoms with Crippen molar-refractivity contribution in [2.75, 3.05) is 0 Å². The molecule has 0 unspecified atom stereocenters. The van der Waals surface area contributed by atoms with Crippen molar-refractivity contribution in [3.05, 3.63) is 35.4 Å². The van der Waals surface area contributed by atoms with Gasteiger partial charge in [-0.2, -0.15) is 23.5 Å². The SMILES string of the molecule is CC(C)SCc1cccc(CSC(C)C)c1. The van der Waals surface area contributed by atoms with E-state index in [4.69, 9.17) is 0 Å². The Balaban J connectivity index is 2.50. The van der Waals surface area contributed by atoms with E-state index in [1.54, 1.807) is 0 Å². The van der Waals surface area contributed by atoms with Gasteiger partial charge in [0.05, 0.1) is 0 Å². The minimum Gasteiger partial charge on any atom is -0.154 e. The normalized spacial score (nSPS) is 11.4. The van der Waals surface area contributed by atoms with Gasteiger partial charge in [-0.1, -0.05) is 52.0 Å². The summed E-state index contributed by atoms with van der Waals surface area (Å²) in [5.41, 5.74) is 2.92. The van der Waals surface area contributed by atoms with E-state index < -0.39 is 0 Å². The van der Waals surface area contributed by atoms with E-state index in [9.17, 15) is 0 Å². The maximum Gasteiger partial charge on any atom is 0.0187 e. The lowest BCUT2D eigenvalue weighted by Crippen LogP contribution is -1.92. The molecule has 0 atom stereocenters. The summed E-state index contributed by atoms with van der Waals surface area (Å²) in [4.78, 5) is 0. The van der Waals surface area contributed by atoms with Crippen LogP contribution >= 0.6 is 23.5 Å². The van der Waals surface area contributed by atoms with Gasteiger partial charge >= 0.3 is 0 Å². The molecule has 1 aromatic rings. The molecule has 0 fully saturated rings. The van der Waals surface area contributed by atoms with Gasteiger partial charge in [-0.15, -0.1) is 0 Å². The zero-order chi connectivity index (χ0) is 12.0. The second-order valence-corrected chi connectivity index (χ2v) is 7.67. The summed E-state index contributed by atoms with van der Waals surface area (Å²) in [6.45, 7) is 9.01. The lowest BCUT2D eigenvalue weighted by Gasteiger charge is -2.08. The highest BCUT2D eigenvalue weighted by Gasteiger charge is 2.00. The van der Waals surface area contributed by atoms with Gasteiger partial charge < -0.3 is 0 Å². The zero-order valence-electron chi connectivity index (χ0n) is 10.7. The fourth-order valence-electron chi connectivity index (χ4n) is 1.34. The molecular formula is C14H22S2. The summed E-state index contributed by atoms with van der Waals surface area (Å²) >= 11 is 4.02. The van der Waals surface area contributed by atoms with Crippen molar-refractivity contribution < 1.29 is 0 Å². The van der Waals surface area contributed by atoms with Gasteiger partial charge in [0.25, 0.3) is 0 Å². The number of benzene rings is 1. The van der Waals surface area contributed by atoms with Gasteiger partial charge in [0, 0.05) is 11.5 Å². The van der Waals surface area contributed by atoms with Crippen LogP contribution in [-0.2, 0) is 11.5 Å². The maximum absolute atomic E-state index is 2.35. The molecule has 0 saturated carbocycles. The lowest BCUT2D eigenvalue weighted by molar-refractivity contribution is 1.10. The third-order valence-corrected chi connectivity index (χ3v) is 4.49. The Morgan fingerprint density at radius 2 is 1.31 bits per heavy atom. The Hall–Kier alpha value is -0.0800. The quantitative estimate of drug-likeness (QED) is 0.703. The molecule has 0 saturated heterocycles. The summed E-state index contributed by atoms with van der Waals surface area (Å²) in [6, 6.07) is 9.01. The molecule has 0 aromatic heterocycles. The molecule has 0 radical (unpaired) electrons. The standard InChI is InChI=1S/C14H22S2/c1-11(2)15-9-13-6-5-7-14(8-13)10-16-12(3)4/h5-8,11-12H,9-10H2,1-4H3. The van der Waals surface area contributed by atoms with E-state index in [-0.39, 0.29) is 0 Å². The average Bonchev–Trinajstić information content (AvgIpc) is 2.24. The molecular weight excluding hydrogens is 232 g/mol.